The number of rotatable bonds is 5. The van der Waals surface area contributed by atoms with Gasteiger partial charge in [-0.25, -0.2) is 0 Å². The van der Waals surface area contributed by atoms with E-state index in [1.165, 1.54) is 16.7 Å². The van der Waals surface area contributed by atoms with Gasteiger partial charge in [-0.15, -0.1) is 0 Å². The summed E-state index contributed by atoms with van der Waals surface area (Å²) in [6.45, 7) is 9.52. The number of hydrogen-bond acceptors (Lipinski definition) is 4. The molecule has 7 unspecified atom stereocenters. The summed E-state index contributed by atoms with van der Waals surface area (Å²) in [5.41, 5.74) is 5.08. The zero-order valence-corrected chi connectivity index (χ0v) is 26.1. The topological polar surface area (TPSA) is 46.9 Å². The average Bonchev–Trinajstić information content (AvgIpc) is 3.26. The third-order valence-corrected chi connectivity index (χ3v) is 12.7. The van der Waals surface area contributed by atoms with Crippen molar-refractivity contribution < 1.29 is 10.2 Å². The van der Waals surface area contributed by atoms with Crippen LogP contribution in [0.4, 0.5) is 0 Å². The Kier molecular flexibility index (Phi) is 7.47. The highest BCUT2D eigenvalue weighted by atomic mass is 35.5. The number of piperazine rings is 1. The van der Waals surface area contributed by atoms with Crippen molar-refractivity contribution in [3.8, 4) is 0 Å². The molecule has 0 radical (unpaired) electrons. The third-order valence-electron chi connectivity index (χ3n) is 12.4. The number of nitrogens with zero attached hydrogens (tertiary/aromatic N) is 2. The Bertz CT molecular complexity index is 1350. The van der Waals surface area contributed by atoms with Crippen LogP contribution in [0.5, 0.6) is 0 Å². The lowest BCUT2D eigenvalue weighted by Gasteiger charge is -2.56. The van der Waals surface area contributed by atoms with Crippen molar-refractivity contribution in [3.63, 3.8) is 0 Å². The summed E-state index contributed by atoms with van der Waals surface area (Å²) in [6, 6.07) is 19.4. The van der Waals surface area contributed by atoms with Crippen molar-refractivity contribution in [2.24, 2.45) is 22.7 Å². The zero-order valence-electron chi connectivity index (χ0n) is 25.3. The minimum Gasteiger partial charge on any atom is -0.393 e. The van der Waals surface area contributed by atoms with E-state index in [9.17, 15) is 10.2 Å². The molecule has 4 nitrogen and oxygen atoms in total. The second-order valence-corrected chi connectivity index (χ2v) is 14.9. The summed E-state index contributed by atoms with van der Waals surface area (Å²) < 4.78 is 0. The molecule has 7 rings (SSSR count). The first-order valence-corrected chi connectivity index (χ1v) is 16.7. The first-order chi connectivity index (χ1) is 20.2. The molecule has 1 aliphatic heterocycles. The van der Waals surface area contributed by atoms with Gasteiger partial charge < -0.3 is 10.2 Å². The molecule has 5 aliphatic rings. The standard InChI is InChI=1S/C37H47ClN2O2/c1-35-17-14-30(41)24-28(35)10-13-31-32(35)15-18-36(2)33(31)16-19-37(36,42)25-39-20-22-40(23-21-39)34(26-6-4-3-5-7-26)27-8-11-29(38)12-9-27/h3-13,30,32-34,41-42H,14-25H2,1-2H3. The first-order valence-electron chi connectivity index (χ1n) is 16.3. The molecule has 3 saturated carbocycles. The van der Waals surface area contributed by atoms with Gasteiger partial charge in [-0.2, -0.15) is 0 Å². The van der Waals surface area contributed by atoms with Gasteiger partial charge in [0.1, 0.15) is 0 Å². The molecule has 0 amide bonds. The molecule has 5 heteroatoms. The van der Waals surface area contributed by atoms with Gasteiger partial charge in [-0.3, -0.25) is 9.80 Å². The maximum Gasteiger partial charge on any atom is 0.0833 e. The number of allylic oxidation sites excluding steroid dienone is 3. The van der Waals surface area contributed by atoms with E-state index in [4.69, 9.17) is 11.6 Å². The predicted octanol–water partition coefficient (Wildman–Crippen LogP) is 7.02. The van der Waals surface area contributed by atoms with Gasteiger partial charge in [-0.1, -0.05) is 91.2 Å². The van der Waals surface area contributed by atoms with Crippen molar-refractivity contribution in [3.05, 3.63) is 94.0 Å². The summed E-state index contributed by atoms with van der Waals surface area (Å²) in [5.74, 6) is 1.02. The summed E-state index contributed by atoms with van der Waals surface area (Å²) in [7, 11) is 0. The molecule has 0 spiro atoms. The number of benzene rings is 2. The molecule has 0 aromatic heterocycles. The highest BCUT2D eigenvalue weighted by Crippen LogP contribution is 2.66. The van der Waals surface area contributed by atoms with Crippen LogP contribution in [0.25, 0.3) is 0 Å². The second-order valence-electron chi connectivity index (χ2n) is 14.5. The maximum atomic E-state index is 12.4. The molecular weight excluding hydrogens is 540 g/mol. The molecule has 7 atom stereocenters. The van der Waals surface area contributed by atoms with E-state index in [-0.39, 0.29) is 23.0 Å². The van der Waals surface area contributed by atoms with Gasteiger partial charge in [0, 0.05) is 43.2 Å². The third kappa shape index (κ3) is 4.73. The van der Waals surface area contributed by atoms with Crippen molar-refractivity contribution in [2.45, 2.75) is 76.5 Å². The van der Waals surface area contributed by atoms with E-state index >= 15 is 0 Å². The Balaban J connectivity index is 1.06. The van der Waals surface area contributed by atoms with Gasteiger partial charge in [0.15, 0.2) is 0 Å². The van der Waals surface area contributed by atoms with E-state index in [0.29, 0.717) is 11.8 Å². The van der Waals surface area contributed by atoms with Crippen LogP contribution in [0.3, 0.4) is 0 Å². The van der Waals surface area contributed by atoms with Crippen LogP contribution in [0, 0.1) is 22.7 Å². The van der Waals surface area contributed by atoms with E-state index in [1.807, 2.05) is 12.1 Å². The number of aliphatic hydroxyl groups excluding tert-OH is 1. The molecule has 2 aromatic rings. The fourth-order valence-corrected chi connectivity index (χ4v) is 9.92. The van der Waals surface area contributed by atoms with Crippen LogP contribution in [0.2, 0.25) is 5.02 Å². The highest BCUT2D eigenvalue weighted by Gasteiger charge is 2.62. The predicted molar refractivity (Wildman–Crippen MR) is 170 cm³/mol. The average molecular weight is 587 g/mol. The van der Waals surface area contributed by atoms with E-state index in [0.717, 1.165) is 82.7 Å². The van der Waals surface area contributed by atoms with Crippen LogP contribution in [0.1, 0.15) is 76.0 Å². The van der Waals surface area contributed by atoms with Crippen LogP contribution in [-0.4, -0.2) is 64.4 Å². The minimum atomic E-state index is -0.658. The van der Waals surface area contributed by atoms with Crippen molar-refractivity contribution in [1.82, 2.24) is 9.80 Å². The fourth-order valence-electron chi connectivity index (χ4n) is 9.80. The van der Waals surface area contributed by atoms with E-state index in [2.05, 4.69) is 78.3 Å². The largest absolute Gasteiger partial charge is 0.393 e. The van der Waals surface area contributed by atoms with Gasteiger partial charge in [-0.05, 0) is 85.5 Å². The van der Waals surface area contributed by atoms with Crippen LogP contribution < -0.4 is 0 Å². The summed E-state index contributed by atoms with van der Waals surface area (Å²) in [6.07, 6.45) is 11.6. The number of fused-ring (bicyclic) bond motifs is 5. The van der Waals surface area contributed by atoms with Gasteiger partial charge >= 0.3 is 0 Å². The number of halogens is 1. The molecule has 4 fully saturated rings. The van der Waals surface area contributed by atoms with Gasteiger partial charge in [0.2, 0.25) is 0 Å². The quantitative estimate of drug-likeness (QED) is 0.395. The van der Waals surface area contributed by atoms with Gasteiger partial charge in [0.05, 0.1) is 17.7 Å². The summed E-state index contributed by atoms with van der Waals surface area (Å²) in [4.78, 5) is 5.14. The number of β-amino-alcohol motifs (C(OH)–C–C–N with tert-alkyl or cyclic N) is 1. The lowest BCUT2D eigenvalue weighted by atomic mass is 9.50. The fraction of sp³-hybridized carbons (Fsp3) is 0.568. The van der Waals surface area contributed by atoms with Crippen molar-refractivity contribution in [2.75, 3.05) is 32.7 Å². The second kappa shape index (κ2) is 10.9. The van der Waals surface area contributed by atoms with Crippen molar-refractivity contribution >= 4 is 11.6 Å². The van der Waals surface area contributed by atoms with E-state index in [1.54, 1.807) is 5.57 Å². The minimum absolute atomic E-state index is 0.0851. The lowest BCUT2D eigenvalue weighted by Crippen LogP contribution is -2.58. The van der Waals surface area contributed by atoms with Crippen LogP contribution in [-0.2, 0) is 0 Å². The molecule has 1 saturated heterocycles. The number of aliphatic hydroxyl groups is 2. The smallest absolute Gasteiger partial charge is 0.0833 e. The Hall–Kier alpha value is -1.95. The SMILES string of the molecule is CC12CCC(O)CC1=CC=C1C2CCC2(C)C1CCC2(O)CN1CCN(C(c2ccccc2)c2ccc(Cl)cc2)CC1. The lowest BCUT2D eigenvalue weighted by molar-refractivity contribution is -0.106. The van der Waals surface area contributed by atoms with Crippen LogP contribution in [0.15, 0.2) is 77.9 Å². The van der Waals surface area contributed by atoms with E-state index < -0.39 is 5.60 Å². The Morgan fingerprint density at radius 2 is 1.52 bits per heavy atom. The Morgan fingerprint density at radius 1 is 0.833 bits per heavy atom. The summed E-state index contributed by atoms with van der Waals surface area (Å²) in [5, 5.41) is 23.5. The first kappa shape index (κ1) is 28.8. The number of hydrogen-bond donors (Lipinski definition) is 2. The van der Waals surface area contributed by atoms with Crippen molar-refractivity contribution in [1.29, 1.82) is 0 Å². The molecule has 224 valence electrons. The molecule has 2 N–H and O–H groups in total. The zero-order chi connectivity index (χ0) is 29.1. The Labute approximate surface area is 257 Å². The molecule has 1 heterocycles. The molecule has 4 aliphatic carbocycles. The normalized spacial score (nSPS) is 37.7. The van der Waals surface area contributed by atoms with Crippen LogP contribution >= 0.6 is 11.6 Å². The van der Waals surface area contributed by atoms with Gasteiger partial charge in [0.25, 0.3) is 0 Å². The monoisotopic (exact) mass is 586 g/mol. The molecule has 2 aromatic carbocycles. The maximum absolute atomic E-state index is 12.4. The summed E-state index contributed by atoms with van der Waals surface area (Å²) >= 11 is 6.24. The highest BCUT2D eigenvalue weighted by molar-refractivity contribution is 6.30. The Morgan fingerprint density at radius 3 is 2.26 bits per heavy atom. The molecular formula is C37H47ClN2O2. The molecule has 42 heavy (non-hydrogen) atoms. The molecule has 0 bridgehead atoms.